The third-order valence-electron chi connectivity index (χ3n) is 9.50. The van der Waals surface area contributed by atoms with Crippen LogP contribution in [0.25, 0.3) is 0 Å². The maximum absolute atomic E-state index is 13.8. The van der Waals surface area contributed by atoms with Crippen molar-refractivity contribution in [2.24, 2.45) is 0 Å². The molecule has 0 bridgehead atoms. The van der Waals surface area contributed by atoms with Crippen molar-refractivity contribution in [1.29, 1.82) is 0 Å². The van der Waals surface area contributed by atoms with Crippen LogP contribution < -0.4 is 15.1 Å². The molecule has 0 amide bonds. The minimum absolute atomic E-state index is 0.0861. The van der Waals surface area contributed by atoms with Gasteiger partial charge in [0.25, 0.3) is 8.32 Å². The molecule has 0 radical (unpaired) electrons. The van der Waals surface area contributed by atoms with Gasteiger partial charge in [-0.15, -0.1) is 0 Å². The molecule has 0 atom stereocenters. The van der Waals surface area contributed by atoms with Gasteiger partial charge in [0.1, 0.15) is 17.1 Å². The maximum Gasteiger partial charge on any atom is 0.347 e. The Morgan fingerprint density at radius 1 is 0.787 bits per heavy atom. The van der Waals surface area contributed by atoms with Crippen LogP contribution >= 0.6 is 0 Å². The van der Waals surface area contributed by atoms with Crippen LogP contribution in [-0.4, -0.2) is 44.1 Å². The van der Waals surface area contributed by atoms with Crippen LogP contribution in [-0.2, 0) is 22.3 Å². The van der Waals surface area contributed by atoms with Crippen LogP contribution in [0.2, 0.25) is 5.04 Å². The van der Waals surface area contributed by atoms with E-state index in [9.17, 15) is 19.5 Å². The van der Waals surface area contributed by atoms with Gasteiger partial charge in [-0.1, -0.05) is 87.5 Å². The van der Waals surface area contributed by atoms with E-state index in [2.05, 4.69) is 13.8 Å². The lowest BCUT2D eigenvalue weighted by Gasteiger charge is -2.41. The van der Waals surface area contributed by atoms with E-state index in [1.807, 2.05) is 80.6 Å². The molecule has 4 rings (SSSR count). The highest BCUT2D eigenvalue weighted by Gasteiger charge is 2.50. The molecule has 0 aromatic heterocycles. The van der Waals surface area contributed by atoms with Gasteiger partial charge in [0.2, 0.25) is 0 Å². The molecule has 0 aliphatic rings. The molecule has 4 aromatic carbocycles. The van der Waals surface area contributed by atoms with E-state index in [0.29, 0.717) is 57.5 Å². The second-order valence-electron chi connectivity index (χ2n) is 12.8. The normalized spacial score (nSPS) is 11.8. The first-order valence-corrected chi connectivity index (χ1v) is 17.8. The van der Waals surface area contributed by atoms with Gasteiger partial charge in [0, 0.05) is 7.11 Å². The number of phenols is 1. The first-order chi connectivity index (χ1) is 22.2. The molecule has 0 saturated heterocycles. The first kappa shape index (κ1) is 35.6. The summed E-state index contributed by atoms with van der Waals surface area (Å²) in [4.78, 5) is 39.3. The third kappa shape index (κ3) is 6.63. The number of aryl methyl sites for hydroxylation is 1. The molecule has 47 heavy (non-hydrogen) atoms. The molecule has 7 nitrogen and oxygen atoms in total. The largest absolute Gasteiger partial charge is 0.507 e. The zero-order chi connectivity index (χ0) is 34.7. The topological polar surface area (TPSA) is 102 Å². The summed E-state index contributed by atoms with van der Waals surface area (Å²) in [5.74, 6) is -0.956. The molecule has 0 aliphatic carbocycles. The van der Waals surface area contributed by atoms with E-state index in [4.69, 9.17) is 14.2 Å². The van der Waals surface area contributed by atoms with Crippen LogP contribution in [0.1, 0.15) is 80.4 Å². The van der Waals surface area contributed by atoms with Gasteiger partial charge in [-0.05, 0) is 102 Å². The second kappa shape index (κ2) is 14.3. The lowest BCUT2D eigenvalue weighted by atomic mass is 9.90. The first-order valence-electron chi connectivity index (χ1n) is 15.9. The van der Waals surface area contributed by atoms with Gasteiger partial charge in [-0.3, -0.25) is 0 Å². The summed E-state index contributed by atoms with van der Waals surface area (Å²) in [6.45, 7) is 14.9. The monoisotopic (exact) mass is 654 g/mol. The Hall–Kier alpha value is -4.24. The number of ether oxygens (including phenoxy) is 3. The zero-order valence-corrected chi connectivity index (χ0v) is 29.9. The predicted molar refractivity (Wildman–Crippen MR) is 188 cm³/mol. The number of carbonyl (C=O) groups excluding carboxylic acids is 2. The van der Waals surface area contributed by atoms with Gasteiger partial charge in [-0.2, -0.15) is 0 Å². The lowest BCUT2D eigenvalue weighted by Crippen LogP contribution is -2.65. The fraction of sp³-hybridized carbons (Fsp3) is 0.333. The highest BCUT2D eigenvalue weighted by Crippen LogP contribution is 2.42. The summed E-state index contributed by atoms with van der Waals surface area (Å²) in [7, 11) is -1.87. The van der Waals surface area contributed by atoms with E-state index in [-0.39, 0.29) is 18.1 Å². The van der Waals surface area contributed by atoms with Crippen LogP contribution in [0.3, 0.4) is 0 Å². The second-order valence-corrected chi connectivity index (χ2v) is 16.8. The highest BCUT2D eigenvalue weighted by molar-refractivity contribution is 6.98. The molecule has 2 N–H and O–H groups in total. The van der Waals surface area contributed by atoms with E-state index >= 15 is 0 Å². The number of esters is 2. The van der Waals surface area contributed by atoms with Crippen LogP contribution in [0.4, 0.5) is 0 Å². The van der Waals surface area contributed by atoms with Crippen molar-refractivity contribution in [1.82, 2.24) is 0 Å². The van der Waals surface area contributed by atoms with Gasteiger partial charge in [0.05, 0.1) is 5.56 Å². The van der Waals surface area contributed by atoms with Crippen molar-refractivity contribution in [3.8, 4) is 11.5 Å². The van der Waals surface area contributed by atoms with Crippen molar-refractivity contribution in [2.75, 3.05) is 13.9 Å². The van der Waals surface area contributed by atoms with Crippen molar-refractivity contribution in [3.05, 3.63) is 117 Å². The third-order valence-corrected chi connectivity index (χ3v) is 14.0. The number of hydrogen-bond acceptors (Lipinski definition) is 7. The Labute approximate surface area is 279 Å². The number of phenolic OH excluding ortho intramolecular Hbond substituents is 1. The molecule has 0 aliphatic heterocycles. The number of carbonyl (C=O) groups is 2. The molecular weight excluding hydrogens is 609 g/mol. The quantitative estimate of drug-likeness (QED) is 0.0819. The smallest absolute Gasteiger partial charge is 0.347 e. The highest BCUT2D eigenvalue weighted by atomic mass is 28.4. The van der Waals surface area contributed by atoms with Crippen LogP contribution in [0.5, 0.6) is 11.5 Å². The number of aromatic hydroxyl groups is 1. The molecular formula is C39H46O7Si. The summed E-state index contributed by atoms with van der Waals surface area (Å²) in [5.41, 5.74) is 5.15. The van der Waals surface area contributed by atoms with Gasteiger partial charge in [-0.25, -0.2) is 9.59 Å². The summed E-state index contributed by atoms with van der Waals surface area (Å²) < 4.78 is 16.2. The number of rotatable bonds is 11. The minimum atomic E-state index is -3.32. The molecule has 0 spiro atoms. The van der Waals surface area contributed by atoms with Crippen molar-refractivity contribution < 1.29 is 33.7 Å². The lowest BCUT2D eigenvalue weighted by molar-refractivity contribution is -0.0126. The number of benzene rings is 4. The van der Waals surface area contributed by atoms with Crippen LogP contribution in [0.15, 0.2) is 66.7 Å². The Morgan fingerprint density at radius 3 is 1.85 bits per heavy atom. The number of methoxy groups -OCH3 is 1. The summed E-state index contributed by atoms with van der Waals surface area (Å²) >= 11 is 0. The van der Waals surface area contributed by atoms with E-state index in [0.717, 1.165) is 15.9 Å². The van der Waals surface area contributed by atoms with E-state index in [1.54, 1.807) is 27.7 Å². The predicted octanol–water partition coefficient (Wildman–Crippen LogP) is 6.55. The van der Waals surface area contributed by atoms with Gasteiger partial charge < -0.3 is 24.1 Å². The maximum atomic E-state index is 13.8. The molecule has 0 unspecified atom stereocenters. The molecule has 4 aromatic rings. The SMILES string of the molecule is CCc1c(C)c(C(=O)OCOC)c(C)c(C)c1OC(=O)c1c(C)cc(CC(C)(C)[Si](O)(c2ccccc2)c2ccccc2)c(C)c1O. The van der Waals surface area contributed by atoms with Crippen LogP contribution in [0, 0.1) is 34.6 Å². The zero-order valence-electron chi connectivity index (χ0n) is 28.9. The Balaban J connectivity index is 1.73. The fourth-order valence-corrected chi connectivity index (χ4v) is 10.4. The van der Waals surface area contributed by atoms with Crippen molar-refractivity contribution in [3.63, 3.8) is 0 Å². The molecule has 248 valence electrons. The fourth-order valence-electron chi connectivity index (χ4n) is 6.71. The molecule has 8 heteroatoms. The molecule has 0 saturated carbocycles. The Morgan fingerprint density at radius 2 is 1.34 bits per heavy atom. The molecule has 0 heterocycles. The summed E-state index contributed by atoms with van der Waals surface area (Å²) in [5, 5.41) is 12.7. The standard InChI is InChI=1S/C39H46O7Si/c1-10-32-28(6)34(37(41)45-23-44-9)25(3)26(4)36(32)46-38(42)33-24(2)21-29(27(5)35(33)40)22-39(7,8)47(43,30-17-13-11-14-18-30)31-19-15-12-16-20-31/h11-21,40,43H,10,22-23H2,1-9H3. The van der Waals surface area contributed by atoms with Gasteiger partial charge >= 0.3 is 11.9 Å². The van der Waals surface area contributed by atoms with Gasteiger partial charge in [0.15, 0.2) is 6.79 Å². The van der Waals surface area contributed by atoms with Crippen molar-refractivity contribution >= 4 is 30.6 Å². The minimum Gasteiger partial charge on any atom is -0.507 e. The van der Waals surface area contributed by atoms with E-state index in [1.165, 1.54) is 7.11 Å². The molecule has 0 fully saturated rings. The Bertz CT molecular complexity index is 1740. The average molecular weight is 655 g/mol. The van der Waals surface area contributed by atoms with Crippen molar-refractivity contribution in [2.45, 2.75) is 73.3 Å². The Kier molecular flexibility index (Phi) is 10.8. The summed E-state index contributed by atoms with van der Waals surface area (Å²) in [6.07, 6.45) is 0.973. The van der Waals surface area contributed by atoms with E-state index < -0.39 is 25.3 Å². The summed E-state index contributed by atoms with van der Waals surface area (Å²) in [6, 6.07) is 21.5. The number of hydrogen-bond donors (Lipinski definition) is 2. The average Bonchev–Trinajstić information content (AvgIpc) is 3.05.